The van der Waals surface area contributed by atoms with Crippen LogP contribution in [0.5, 0.6) is 0 Å². The highest BCUT2D eigenvalue weighted by Gasteiger charge is 2.51. The van der Waals surface area contributed by atoms with E-state index in [2.05, 4.69) is 9.55 Å². The fraction of sp³-hybridized carbons (Fsp3) is 0.600. The number of carbonyl (C=O) groups is 1. The number of imidazole rings is 1. The van der Waals surface area contributed by atoms with E-state index >= 15 is 0 Å². The van der Waals surface area contributed by atoms with Crippen molar-refractivity contribution in [2.75, 3.05) is 13.1 Å². The van der Waals surface area contributed by atoms with E-state index in [-0.39, 0.29) is 17.5 Å². The lowest BCUT2D eigenvalue weighted by Crippen LogP contribution is -2.62. The van der Waals surface area contributed by atoms with Crippen LogP contribution >= 0.6 is 0 Å². The fourth-order valence-electron chi connectivity index (χ4n) is 2.76. The van der Waals surface area contributed by atoms with Crippen molar-refractivity contribution < 1.29 is 4.79 Å². The second kappa shape index (κ2) is 2.61. The molecule has 1 saturated heterocycles. The predicted octanol–water partition coefficient (Wildman–Crippen LogP) is -0.156. The van der Waals surface area contributed by atoms with Crippen molar-refractivity contribution in [3.05, 3.63) is 18.2 Å². The summed E-state index contributed by atoms with van der Waals surface area (Å²) >= 11 is 0. The molecule has 1 fully saturated rings. The first-order valence-corrected chi connectivity index (χ1v) is 5.17. The number of fused-ring (bicyclic) bond motifs is 2. The van der Waals surface area contributed by atoms with Gasteiger partial charge in [-0.1, -0.05) is 0 Å². The molecule has 1 aromatic heterocycles. The van der Waals surface area contributed by atoms with Crippen LogP contribution in [0.3, 0.4) is 0 Å². The summed E-state index contributed by atoms with van der Waals surface area (Å²) in [6.45, 7) is 3.16. The molecule has 0 aliphatic carbocycles. The van der Waals surface area contributed by atoms with Gasteiger partial charge in [-0.25, -0.2) is 4.98 Å². The van der Waals surface area contributed by atoms with Crippen molar-refractivity contribution in [3.63, 3.8) is 0 Å². The molecule has 1 amide bonds. The van der Waals surface area contributed by atoms with Gasteiger partial charge in [-0.05, 0) is 6.42 Å². The second-order valence-electron chi connectivity index (χ2n) is 4.57. The monoisotopic (exact) mass is 206 g/mol. The van der Waals surface area contributed by atoms with Crippen molar-refractivity contribution in [2.24, 2.45) is 5.73 Å². The summed E-state index contributed by atoms with van der Waals surface area (Å²) in [6, 6.07) is 0.0223. The third-order valence-electron chi connectivity index (χ3n) is 3.53. The van der Waals surface area contributed by atoms with Crippen LogP contribution in [0.15, 0.2) is 12.4 Å². The van der Waals surface area contributed by atoms with Crippen molar-refractivity contribution in [2.45, 2.75) is 24.9 Å². The zero-order valence-electron chi connectivity index (χ0n) is 8.68. The largest absolute Gasteiger partial charge is 0.338 e. The first-order chi connectivity index (χ1) is 7.12. The standard InChI is InChI=1S/C10H14N4O/c1-7(15)13-5-10(6-13)4-8(11)9-12-2-3-14(9)10/h2-3,8H,4-6,11H2,1H3. The van der Waals surface area contributed by atoms with Crippen molar-refractivity contribution in [3.8, 4) is 0 Å². The van der Waals surface area contributed by atoms with Crippen LogP contribution < -0.4 is 5.73 Å². The van der Waals surface area contributed by atoms with Crippen LogP contribution in [0, 0.1) is 0 Å². The summed E-state index contributed by atoms with van der Waals surface area (Å²) in [7, 11) is 0. The number of hydrogen-bond acceptors (Lipinski definition) is 3. The molecule has 1 spiro atoms. The minimum atomic E-state index is 0.0223. The smallest absolute Gasteiger partial charge is 0.219 e. The lowest BCUT2D eigenvalue weighted by atomic mass is 9.86. The Morgan fingerprint density at radius 2 is 2.40 bits per heavy atom. The zero-order valence-corrected chi connectivity index (χ0v) is 8.68. The van der Waals surface area contributed by atoms with Gasteiger partial charge < -0.3 is 15.2 Å². The van der Waals surface area contributed by atoms with Crippen LogP contribution in [-0.2, 0) is 10.3 Å². The molecule has 2 N–H and O–H groups in total. The molecule has 0 aromatic carbocycles. The van der Waals surface area contributed by atoms with Crippen LogP contribution in [-0.4, -0.2) is 33.4 Å². The van der Waals surface area contributed by atoms with Crippen molar-refractivity contribution >= 4 is 5.91 Å². The van der Waals surface area contributed by atoms with Crippen LogP contribution in [0.1, 0.15) is 25.2 Å². The number of nitrogens with two attached hydrogens (primary N) is 1. The van der Waals surface area contributed by atoms with E-state index in [0.717, 1.165) is 25.3 Å². The van der Waals surface area contributed by atoms with Gasteiger partial charge in [-0.2, -0.15) is 0 Å². The van der Waals surface area contributed by atoms with Gasteiger partial charge in [0.25, 0.3) is 0 Å². The molecule has 5 nitrogen and oxygen atoms in total. The van der Waals surface area contributed by atoms with Crippen molar-refractivity contribution in [1.29, 1.82) is 0 Å². The highest BCUT2D eigenvalue weighted by molar-refractivity contribution is 5.74. The molecule has 0 saturated carbocycles. The van der Waals surface area contributed by atoms with Gasteiger partial charge in [0.15, 0.2) is 0 Å². The number of nitrogens with zero attached hydrogens (tertiary/aromatic N) is 3. The quantitative estimate of drug-likeness (QED) is 0.641. The lowest BCUT2D eigenvalue weighted by molar-refractivity contribution is -0.139. The van der Waals surface area contributed by atoms with Gasteiger partial charge in [0, 0.05) is 32.4 Å². The molecular weight excluding hydrogens is 192 g/mol. The van der Waals surface area contributed by atoms with E-state index in [0.29, 0.717) is 0 Å². The number of rotatable bonds is 0. The van der Waals surface area contributed by atoms with E-state index in [1.165, 1.54) is 0 Å². The van der Waals surface area contributed by atoms with E-state index in [4.69, 9.17) is 5.73 Å². The molecule has 3 heterocycles. The molecule has 80 valence electrons. The average Bonchev–Trinajstić information content (AvgIpc) is 2.64. The lowest BCUT2D eigenvalue weighted by Gasteiger charge is -2.48. The van der Waals surface area contributed by atoms with Crippen LogP contribution in [0.2, 0.25) is 0 Å². The predicted molar refractivity (Wildman–Crippen MR) is 54.0 cm³/mol. The molecule has 5 heteroatoms. The van der Waals surface area contributed by atoms with Gasteiger partial charge in [-0.15, -0.1) is 0 Å². The molecule has 0 radical (unpaired) electrons. The van der Waals surface area contributed by atoms with E-state index in [1.54, 1.807) is 13.1 Å². The molecule has 2 aliphatic heterocycles. The average molecular weight is 206 g/mol. The highest BCUT2D eigenvalue weighted by atomic mass is 16.2. The first kappa shape index (κ1) is 8.91. The summed E-state index contributed by atoms with van der Waals surface area (Å²) in [5.41, 5.74) is 6.05. The number of likely N-dealkylation sites (tertiary alicyclic amines) is 1. The summed E-state index contributed by atoms with van der Waals surface area (Å²) < 4.78 is 2.15. The van der Waals surface area contributed by atoms with E-state index in [9.17, 15) is 4.79 Å². The van der Waals surface area contributed by atoms with Gasteiger partial charge in [0.05, 0.1) is 11.6 Å². The van der Waals surface area contributed by atoms with Crippen LogP contribution in [0.4, 0.5) is 0 Å². The molecule has 15 heavy (non-hydrogen) atoms. The highest BCUT2D eigenvalue weighted by Crippen LogP contribution is 2.43. The Labute approximate surface area is 87.9 Å². The van der Waals surface area contributed by atoms with E-state index in [1.807, 2.05) is 11.1 Å². The zero-order chi connectivity index (χ0) is 10.6. The fourth-order valence-corrected chi connectivity index (χ4v) is 2.76. The topological polar surface area (TPSA) is 64.2 Å². The third-order valence-corrected chi connectivity index (χ3v) is 3.53. The number of hydrogen-bond donors (Lipinski definition) is 1. The molecule has 3 rings (SSSR count). The van der Waals surface area contributed by atoms with Gasteiger partial charge in [-0.3, -0.25) is 4.79 Å². The number of aromatic nitrogens is 2. The summed E-state index contributed by atoms with van der Waals surface area (Å²) in [5.74, 6) is 1.10. The first-order valence-electron chi connectivity index (χ1n) is 5.17. The minimum Gasteiger partial charge on any atom is -0.338 e. The Balaban J connectivity index is 1.90. The Kier molecular flexibility index (Phi) is 1.55. The Morgan fingerprint density at radius 3 is 3.07 bits per heavy atom. The van der Waals surface area contributed by atoms with Gasteiger partial charge >= 0.3 is 0 Å². The Hall–Kier alpha value is -1.36. The molecule has 0 bridgehead atoms. The summed E-state index contributed by atoms with van der Waals surface area (Å²) in [4.78, 5) is 17.3. The van der Waals surface area contributed by atoms with Crippen molar-refractivity contribution in [1.82, 2.24) is 14.5 Å². The van der Waals surface area contributed by atoms with Gasteiger partial charge in [0.1, 0.15) is 5.82 Å². The Morgan fingerprint density at radius 1 is 1.67 bits per heavy atom. The summed E-state index contributed by atoms with van der Waals surface area (Å²) in [5, 5.41) is 0. The number of carbonyl (C=O) groups excluding carboxylic acids is 1. The second-order valence-corrected chi connectivity index (χ2v) is 4.57. The molecule has 1 unspecified atom stereocenters. The molecule has 2 aliphatic rings. The SMILES string of the molecule is CC(=O)N1CC2(CC(N)c3nccn32)C1. The summed E-state index contributed by atoms with van der Waals surface area (Å²) in [6.07, 6.45) is 4.66. The Bertz CT molecular complexity index is 419. The third kappa shape index (κ3) is 1.01. The molecule has 1 aromatic rings. The van der Waals surface area contributed by atoms with E-state index < -0.39 is 0 Å². The maximum atomic E-state index is 11.2. The minimum absolute atomic E-state index is 0.0223. The van der Waals surface area contributed by atoms with Gasteiger partial charge in [0.2, 0.25) is 5.91 Å². The normalized spacial score (nSPS) is 26.5. The molecular formula is C10H14N4O. The number of amides is 1. The molecule has 1 atom stereocenters. The maximum Gasteiger partial charge on any atom is 0.219 e. The van der Waals surface area contributed by atoms with Crippen LogP contribution in [0.25, 0.3) is 0 Å². The maximum absolute atomic E-state index is 11.2.